The minimum absolute atomic E-state index is 0.000859. The van der Waals surface area contributed by atoms with Crippen LogP contribution in [0.15, 0.2) is 65.8 Å². The molecule has 2 N–H and O–H groups in total. The first-order chi connectivity index (χ1) is 26.1. The normalized spacial score (nSPS) is 42.7. The van der Waals surface area contributed by atoms with Gasteiger partial charge in [-0.25, -0.2) is 4.39 Å². The van der Waals surface area contributed by atoms with Crippen LogP contribution < -0.4 is 5.32 Å². The SMILES string of the molecule is C=C(C)[C@@H]1CC[C@]2(NCCC3(O)COC3)CC[C@]3(C)[C@H](CC[C@@H]4[C@@]5(C)CC=C(C6=CC[C@@](CF)(C(=O)OCc7ccccc7)CC6)C(C)(C)[C@@H]5CC[C@]43C)[C@@H]12. The molecule has 1 saturated heterocycles. The van der Waals surface area contributed by atoms with E-state index in [0.29, 0.717) is 55.6 Å². The number of allylic oxidation sites excluding steroid dienone is 5. The molecule has 7 aliphatic rings. The van der Waals surface area contributed by atoms with Crippen LogP contribution in [-0.4, -0.2) is 48.6 Å². The van der Waals surface area contributed by atoms with Crippen molar-refractivity contribution in [1.82, 2.24) is 5.32 Å². The zero-order chi connectivity index (χ0) is 39.1. The summed E-state index contributed by atoms with van der Waals surface area (Å²) < 4.78 is 25.8. The Bertz CT molecular complexity index is 1710. The van der Waals surface area contributed by atoms with Gasteiger partial charge in [0.15, 0.2) is 0 Å². The summed E-state index contributed by atoms with van der Waals surface area (Å²) in [6.07, 6.45) is 18.3. The van der Waals surface area contributed by atoms with Gasteiger partial charge in [-0.1, -0.05) is 89.3 Å². The number of carbonyl (C=O) groups is 1. The van der Waals surface area contributed by atoms with Crippen LogP contribution in [0.3, 0.4) is 0 Å². The number of alkyl halides is 1. The van der Waals surface area contributed by atoms with Crippen molar-refractivity contribution in [3.05, 3.63) is 71.3 Å². The van der Waals surface area contributed by atoms with Gasteiger partial charge in [-0.3, -0.25) is 4.79 Å². The van der Waals surface area contributed by atoms with Crippen LogP contribution in [0.1, 0.15) is 131 Å². The van der Waals surface area contributed by atoms with Crippen molar-refractivity contribution in [3.8, 4) is 0 Å². The molecular weight excluding hydrogens is 686 g/mol. The Kier molecular flexibility index (Phi) is 10.0. The molecule has 1 aromatic rings. The summed E-state index contributed by atoms with van der Waals surface area (Å²) >= 11 is 0. The fourth-order valence-electron chi connectivity index (χ4n) is 15.0. The van der Waals surface area contributed by atoms with E-state index in [-0.39, 0.29) is 33.8 Å². The van der Waals surface area contributed by atoms with Crippen molar-refractivity contribution in [1.29, 1.82) is 0 Å². The zero-order valence-electron chi connectivity index (χ0n) is 34.9. The molecule has 0 radical (unpaired) electrons. The highest BCUT2D eigenvalue weighted by atomic mass is 19.1. The van der Waals surface area contributed by atoms with Crippen molar-refractivity contribution in [2.24, 2.45) is 56.7 Å². The monoisotopic (exact) mass is 756 g/mol. The molecule has 1 heterocycles. The number of benzene rings is 1. The first-order valence-corrected chi connectivity index (χ1v) is 21.9. The number of aliphatic hydroxyl groups is 1. The average molecular weight is 756 g/mol. The summed E-state index contributed by atoms with van der Waals surface area (Å²) in [6.45, 7) is 21.2. The molecule has 0 bridgehead atoms. The molecular formula is C49H70FNO4. The Labute approximate surface area is 331 Å². The lowest BCUT2D eigenvalue weighted by molar-refractivity contribution is -0.221. The number of nitrogens with one attached hydrogen (secondary N) is 1. The minimum Gasteiger partial charge on any atom is -0.460 e. The summed E-state index contributed by atoms with van der Waals surface area (Å²) in [4.78, 5) is 13.4. The first-order valence-electron chi connectivity index (χ1n) is 21.9. The number of carbonyl (C=O) groups excluding carboxylic acids is 1. The highest BCUT2D eigenvalue weighted by Crippen LogP contribution is 2.76. The fraction of sp³-hybridized carbons (Fsp3) is 0.735. The van der Waals surface area contributed by atoms with E-state index in [1.54, 1.807) is 0 Å². The van der Waals surface area contributed by atoms with Gasteiger partial charge >= 0.3 is 5.97 Å². The maximum absolute atomic E-state index is 14.7. The van der Waals surface area contributed by atoms with Crippen LogP contribution in [0.4, 0.5) is 4.39 Å². The molecule has 6 heteroatoms. The highest BCUT2D eigenvalue weighted by Gasteiger charge is 2.70. The third-order valence-electron chi connectivity index (χ3n) is 18.3. The Morgan fingerprint density at radius 1 is 0.927 bits per heavy atom. The van der Waals surface area contributed by atoms with E-state index >= 15 is 0 Å². The van der Waals surface area contributed by atoms with E-state index in [9.17, 15) is 14.3 Å². The largest absolute Gasteiger partial charge is 0.460 e. The minimum atomic E-state index is -1.09. The van der Waals surface area contributed by atoms with Gasteiger partial charge < -0.3 is 19.9 Å². The summed E-state index contributed by atoms with van der Waals surface area (Å²) in [5.74, 6) is 2.65. The van der Waals surface area contributed by atoms with Gasteiger partial charge in [-0.15, -0.1) is 0 Å². The van der Waals surface area contributed by atoms with Gasteiger partial charge in [0.1, 0.15) is 18.9 Å². The first kappa shape index (κ1) is 39.5. The van der Waals surface area contributed by atoms with Gasteiger partial charge in [0.05, 0.1) is 18.6 Å². The molecule has 0 aromatic heterocycles. The number of ether oxygens (including phenoxy) is 2. The number of esters is 1. The van der Waals surface area contributed by atoms with Crippen LogP contribution in [0.5, 0.6) is 0 Å². The van der Waals surface area contributed by atoms with E-state index in [2.05, 4.69) is 65.6 Å². The quantitative estimate of drug-likeness (QED) is 0.184. The molecule has 5 nitrogen and oxygen atoms in total. The Morgan fingerprint density at radius 2 is 1.69 bits per heavy atom. The van der Waals surface area contributed by atoms with Crippen molar-refractivity contribution >= 4 is 5.97 Å². The van der Waals surface area contributed by atoms with E-state index in [1.807, 2.05) is 30.3 Å². The van der Waals surface area contributed by atoms with Crippen LogP contribution in [0, 0.1) is 56.7 Å². The Hall–Kier alpha value is -2.28. The topological polar surface area (TPSA) is 67.8 Å². The second kappa shape index (κ2) is 13.9. The van der Waals surface area contributed by atoms with Gasteiger partial charge in [0, 0.05) is 5.54 Å². The highest BCUT2D eigenvalue weighted by molar-refractivity contribution is 5.78. The van der Waals surface area contributed by atoms with Crippen LogP contribution in [-0.2, 0) is 20.9 Å². The number of hydrogen-bond acceptors (Lipinski definition) is 5. The molecule has 4 saturated carbocycles. The summed E-state index contributed by atoms with van der Waals surface area (Å²) in [5.41, 5.74) is 4.20. The molecule has 10 atom stereocenters. The lowest BCUT2D eigenvalue weighted by Gasteiger charge is -2.72. The Balaban J connectivity index is 1.01. The molecule has 0 spiro atoms. The maximum atomic E-state index is 14.7. The van der Waals surface area contributed by atoms with Crippen LogP contribution in [0.25, 0.3) is 0 Å². The van der Waals surface area contributed by atoms with Gasteiger partial charge in [-0.2, -0.15) is 0 Å². The van der Waals surface area contributed by atoms with Crippen molar-refractivity contribution in [2.45, 2.75) is 143 Å². The van der Waals surface area contributed by atoms with E-state index in [1.165, 1.54) is 68.1 Å². The van der Waals surface area contributed by atoms with Gasteiger partial charge in [-0.05, 0) is 165 Å². The summed E-state index contributed by atoms with van der Waals surface area (Å²) in [5, 5.41) is 15.0. The molecule has 8 rings (SSSR count). The number of fused-ring (bicyclic) bond motifs is 7. The van der Waals surface area contributed by atoms with E-state index in [0.717, 1.165) is 31.4 Å². The smallest absolute Gasteiger partial charge is 0.315 e. The fourth-order valence-corrected chi connectivity index (χ4v) is 15.0. The van der Waals surface area contributed by atoms with Crippen molar-refractivity contribution < 1.29 is 23.8 Å². The molecule has 6 aliphatic carbocycles. The maximum Gasteiger partial charge on any atom is 0.315 e. The van der Waals surface area contributed by atoms with Crippen molar-refractivity contribution in [2.75, 3.05) is 26.4 Å². The zero-order valence-corrected chi connectivity index (χ0v) is 34.9. The average Bonchev–Trinajstić information content (AvgIpc) is 3.54. The lowest BCUT2D eigenvalue weighted by atomic mass is 9.33. The predicted octanol–water partition coefficient (Wildman–Crippen LogP) is 10.5. The molecule has 1 aliphatic heterocycles. The standard InChI is InChI=1S/C49H70FNO4/c1-33(2)36-17-24-49(51-28-27-48(53)31-54-32-48)26-25-45(6)38(41(36)49)13-14-40-44(5)20-18-37(43(3,4)39(44)19-21-46(40,45)7)35-15-22-47(30-50,23-16-35)42(52)55-29-34-11-9-8-10-12-34/h8-12,15,18,36,38-41,51,53H,1,13-14,16-17,19-32H2,2-7H3/t36-,38+,39-,40+,41+,44-,45+,46+,47+,49-/m0/s1. The number of hydrogen-bond donors (Lipinski definition) is 2. The molecule has 302 valence electrons. The summed E-state index contributed by atoms with van der Waals surface area (Å²) in [6, 6.07) is 9.68. The molecule has 55 heavy (non-hydrogen) atoms. The number of halogens is 1. The molecule has 0 unspecified atom stereocenters. The van der Waals surface area contributed by atoms with Crippen LogP contribution in [0.2, 0.25) is 0 Å². The second-order valence-corrected chi connectivity index (χ2v) is 21.2. The third kappa shape index (κ3) is 6.10. The third-order valence-corrected chi connectivity index (χ3v) is 18.3. The molecule has 5 fully saturated rings. The van der Waals surface area contributed by atoms with Gasteiger partial charge in [0.25, 0.3) is 0 Å². The van der Waals surface area contributed by atoms with Crippen molar-refractivity contribution in [3.63, 3.8) is 0 Å². The predicted molar refractivity (Wildman–Crippen MR) is 218 cm³/mol. The van der Waals surface area contributed by atoms with Crippen LogP contribution >= 0.6 is 0 Å². The van der Waals surface area contributed by atoms with E-state index < -0.39 is 23.7 Å². The summed E-state index contributed by atoms with van der Waals surface area (Å²) in [7, 11) is 0. The van der Waals surface area contributed by atoms with E-state index in [4.69, 9.17) is 9.47 Å². The molecule has 0 amide bonds. The molecule has 1 aromatic carbocycles. The second-order valence-electron chi connectivity index (χ2n) is 21.2. The Morgan fingerprint density at radius 3 is 2.35 bits per heavy atom. The number of rotatable bonds is 10. The lowest BCUT2D eigenvalue weighted by Crippen LogP contribution is -2.68. The van der Waals surface area contributed by atoms with Gasteiger partial charge in [0.2, 0.25) is 0 Å².